The number of rotatable bonds is 5. The number of hydrogen-bond acceptors (Lipinski definition) is 5. The second kappa shape index (κ2) is 8.87. The van der Waals surface area contributed by atoms with Crippen LogP contribution in [-0.4, -0.2) is 39.7 Å². The minimum absolute atomic E-state index is 0.0286. The Kier molecular flexibility index (Phi) is 5.82. The van der Waals surface area contributed by atoms with Crippen molar-refractivity contribution < 1.29 is 14.3 Å². The number of ether oxygens (including phenoxy) is 2. The third-order valence-electron chi connectivity index (χ3n) is 8.14. The van der Waals surface area contributed by atoms with E-state index in [4.69, 9.17) is 21.1 Å². The van der Waals surface area contributed by atoms with E-state index in [9.17, 15) is 4.79 Å². The van der Waals surface area contributed by atoms with Crippen LogP contribution in [0.3, 0.4) is 0 Å². The molecule has 184 valence electrons. The summed E-state index contributed by atoms with van der Waals surface area (Å²) in [6.45, 7) is 3.51. The number of anilines is 1. The fourth-order valence-corrected chi connectivity index (χ4v) is 6.56. The summed E-state index contributed by atoms with van der Waals surface area (Å²) < 4.78 is 13.6. The summed E-state index contributed by atoms with van der Waals surface area (Å²) in [5, 5.41) is 10.1. The molecule has 0 bridgehead atoms. The van der Waals surface area contributed by atoms with Gasteiger partial charge in [-0.15, -0.1) is 0 Å². The van der Waals surface area contributed by atoms with Gasteiger partial charge in [-0.05, 0) is 59.4 Å². The van der Waals surface area contributed by atoms with Gasteiger partial charge in [-0.1, -0.05) is 24.9 Å². The summed E-state index contributed by atoms with van der Waals surface area (Å²) in [6.07, 6.45) is 10.4. The molecule has 3 fully saturated rings. The molecule has 3 aliphatic rings. The predicted molar refractivity (Wildman–Crippen MR) is 134 cm³/mol. The van der Waals surface area contributed by atoms with Crippen molar-refractivity contribution in [1.82, 2.24) is 14.8 Å². The Balaban J connectivity index is 1.19. The Hall–Kier alpha value is -2.48. The lowest BCUT2D eigenvalue weighted by atomic mass is 9.80. The zero-order valence-electron chi connectivity index (χ0n) is 20.2. The Morgan fingerprint density at radius 2 is 1.94 bits per heavy atom. The highest BCUT2D eigenvalue weighted by Gasteiger charge is 2.54. The van der Waals surface area contributed by atoms with E-state index in [0.717, 1.165) is 59.0 Å². The van der Waals surface area contributed by atoms with Crippen molar-refractivity contribution in [1.29, 1.82) is 0 Å². The molecule has 3 heterocycles. The van der Waals surface area contributed by atoms with Crippen molar-refractivity contribution >= 4 is 34.1 Å². The SMILES string of the molecule is CCC1C(C(=O)Nc2cc3cc(C4CCC5(CC4)OCCO5)c(Cl)cc3cn2)C1c1cnn(C)c1. The lowest BCUT2D eigenvalue weighted by molar-refractivity contribution is -0.178. The van der Waals surface area contributed by atoms with Gasteiger partial charge in [0.25, 0.3) is 0 Å². The van der Waals surface area contributed by atoms with Gasteiger partial charge in [0, 0.05) is 54.5 Å². The van der Waals surface area contributed by atoms with Crippen molar-refractivity contribution in [2.24, 2.45) is 18.9 Å². The topological polar surface area (TPSA) is 78.3 Å². The average Bonchev–Trinajstić information content (AvgIpc) is 3.14. The van der Waals surface area contributed by atoms with E-state index in [1.54, 1.807) is 10.9 Å². The Bertz CT molecular complexity index is 1260. The summed E-state index contributed by atoms with van der Waals surface area (Å²) >= 11 is 6.70. The largest absolute Gasteiger partial charge is 0.348 e. The molecule has 1 aliphatic heterocycles. The van der Waals surface area contributed by atoms with Crippen LogP contribution in [0.5, 0.6) is 0 Å². The number of nitrogens with zero attached hydrogens (tertiary/aromatic N) is 3. The standard InChI is InChI=1S/C27H31ClN4O3/c1-3-20-24(19-14-30-32(2)15-19)25(20)26(33)31-23-12-17-10-21(22(28)11-18(17)13-29-23)16-4-6-27(7-5-16)34-8-9-35-27/h10-16,20,24-25H,3-9H2,1-2H3,(H,29,31,33). The van der Waals surface area contributed by atoms with Gasteiger partial charge in [0.1, 0.15) is 5.82 Å². The smallest absolute Gasteiger partial charge is 0.229 e. The third-order valence-corrected chi connectivity index (χ3v) is 8.47. The molecule has 3 atom stereocenters. The molecule has 8 heteroatoms. The highest BCUT2D eigenvalue weighted by molar-refractivity contribution is 6.32. The summed E-state index contributed by atoms with van der Waals surface area (Å²) in [4.78, 5) is 17.6. The van der Waals surface area contributed by atoms with E-state index in [1.807, 2.05) is 31.6 Å². The molecule has 6 rings (SSSR count). The molecule has 7 nitrogen and oxygen atoms in total. The monoisotopic (exact) mass is 494 g/mol. The third kappa shape index (κ3) is 4.24. The maximum absolute atomic E-state index is 13.1. The van der Waals surface area contributed by atoms with Crippen LogP contribution in [0, 0.1) is 11.8 Å². The van der Waals surface area contributed by atoms with Gasteiger partial charge in [-0.25, -0.2) is 4.98 Å². The van der Waals surface area contributed by atoms with Gasteiger partial charge < -0.3 is 14.8 Å². The second-order valence-corrected chi connectivity index (χ2v) is 10.6. The van der Waals surface area contributed by atoms with Crippen molar-refractivity contribution in [2.45, 2.75) is 56.7 Å². The minimum atomic E-state index is -0.381. The quantitative estimate of drug-likeness (QED) is 0.513. The van der Waals surface area contributed by atoms with E-state index in [1.165, 1.54) is 0 Å². The molecule has 2 aliphatic carbocycles. The summed E-state index contributed by atoms with van der Waals surface area (Å²) in [5.74, 6) is 1.12. The van der Waals surface area contributed by atoms with Crippen molar-refractivity contribution in [3.8, 4) is 0 Å². The first-order valence-corrected chi connectivity index (χ1v) is 13.0. The van der Waals surface area contributed by atoms with Crippen LogP contribution in [-0.2, 0) is 21.3 Å². The number of nitrogens with one attached hydrogen (secondary N) is 1. The van der Waals surface area contributed by atoms with E-state index in [2.05, 4.69) is 28.4 Å². The van der Waals surface area contributed by atoms with Crippen LogP contribution in [0.2, 0.25) is 5.02 Å². The molecular formula is C27H31ClN4O3. The van der Waals surface area contributed by atoms with Crippen LogP contribution in [0.1, 0.15) is 62.0 Å². The molecule has 1 aromatic carbocycles. The van der Waals surface area contributed by atoms with E-state index >= 15 is 0 Å². The molecule has 2 aromatic heterocycles. The van der Waals surface area contributed by atoms with Gasteiger partial charge in [0.2, 0.25) is 5.91 Å². The number of aromatic nitrogens is 3. The van der Waals surface area contributed by atoms with Gasteiger partial charge >= 0.3 is 0 Å². The zero-order chi connectivity index (χ0) is 24.2. The molecule has 1 spiro atoms. The van der Waals surface area contributed by atoms with Gasteiger partial charge in [-0.2, -0.15) is 5.10 Å². The number of aryl methyl sites for hydroxylation is 1. The van der Waals surface area contributed by atoms with Gasteiger partial charge in [0.05, 0.1) is 19.4 Å². The zero-order valence-corrected chi connectivity index (χ0v) is 20.9. The second-order valence-electron chi connectivity index (χ2n) is 10.2. The van der Waals surface area contributed by atoms with Crippen molar-refractivity contribution in [3.05, 3.63) is 52.9 Å². The summed E-state index contributed by atoms with van der Waals surface area (Å²) in [6, 6.07) is 6.12. The normalized spacial score (nSPS) is 25.9. The number of amides is 1. The van der Waals surface area contributed by atoms with Crippen LogP contribution >= 0.6 is 11.6 Å². The number of halogens is 1. The van der Waals surface area contributed by atoms with Crippen LogP contribution in [0.15, 0.2) is 36.8 Å². The van der Waals surface area contributed by atoms with E-state index in [0.29, 0.717) is 30.9 Å². The lowest BCUT2D eigenvalue weighted by Crippen LogP contribution is -2.34. The van der Waals surface area contributed by atoms with Crippen LogP contribution < -0.4 is 5.32 Å². The van der Waals surface area contributed by atoms with Gasteiger partial charge in [-0.3, -0.25) is 9.48 Å². The van der Waals surface area contributed by atoms with E-state index < -0.39 is 0 Å². The first-order valence-electron chi connectivity index (χ1n) is 12.6. The van der Waals surface area contributed by atoms with Gasteiger partial charge in [0.15, 0.2) is 5.79 Å². The first kappa shape index (κ1) is 23.0. The Labute approximate surface area is 210 Å². The number of benzene rings is 1. The molecule has 1 N–H and O–H groups in total. The number of pyridine rings is 1. The fraction of sp³-hybridized carbons (Fsp3) is 0.519. The Morgan fingerprint density at radius 3 is 2.63 bits per heavy atom. The van der Waals surface area contributed by atoms with Crippen molar-refractivity contribution in [3.63, 3.8) is 0 Å². The molecule has 35 heavy (non-hydrogen) atoms. The molecule has 3 unspecified atom stereocenters. The predicted octanol–water partition coefficient (Wildman–Crippen LogP) is 5.40. The van der Waals surface area contributed by atoms with E-state index in [-0.39, 0.29) is 23.5 Å². The summed E-state index contributed by atoms with van der Waals surface area (Å²) in [7, 11) is 1.91. The first-order chi connectivity index (χ1) is 17.0. The number of carbonyl (C=O) groups is 1. The average molecular weight is 495 g/mol. The highest BCUT2D eigenvalue weighted by Crippen LogP contribution is 2.56. The Morgan fingerprint density at radius 1 is 1.17 bits per heavy atom. The molecule has 0 radical (unpaired) electrons. The maximum Gasteiger partial charge on any atom is 0.229 e. The molecule has 1 saturated heterocycles. The number of fused-ring (bicyclic) bond motifs is 1. The molecule has 3 aromatic rings. The number of carbonyl (C=O) groups excluding carboxylic acids is 1. The molecular weight excluding hydrogens is 464 g/mol. The van der Waals surface area contributed by atoms with Crippen molar-refractivity contribution in [2.75, 3.05) is 18.5 Å². The number of hydrogen-bond donors (Lipinski definition) is 1. The molecule has 2 saturated carbocycles. The lowest BCUT2D eigenvalue weighted by Gasteiger charge is -2.35. The van der Waals surface area contributed by atoms with Crippen LogP contribution in [0.4, 0.5) is 5.82 Å². The van der Waals surface area contributed by atoms with Crippen LogP contribution in [0.25, 0.3) is 10.8 Å². The fourth-order valence-electron chi connectivity index (χ4n) is 6.23. The summed E-state index contributed by atoms with van der Waals surface area (Å²) in [5.41, 5.74) is 2.29. The minimum Gasteiger partial charge on any atom is -0.348 e. The highest BCUT2D eigenvalue weighted by atomic mass is 35.5. The molecule has 1 amide bonds. The maximum atomic E-state index is 13.1.